The number of rotatable bonds is 6. The van der Waals surface area contributed by atoms with Gasteiger partial charge in [-0.25, -0.2) is 4.79 Å². The third-order valence-electron chi connectivity index (χ3n) is 3.25. The van der Waals surface area contributed by atoms with Crippen LogP contribution in [0.5, 0.6) is 0 Å². The summed E-state index contributed by atoms with van der Waals surface area (Å²) in [4.78, 5) is 23.6. The zero-order chi connectivity index (χ0) is 15.2. The number of carbonyl (C=O) groups is 2. The Balaban J connectivity index is 2.35. The van der Waals surface area contributed by atoms with Gasteiger partial charge in [0.05, 0.1) is 5.56 Å². The lowest BCUT2D eigenvalue weighted by Gasteiger charge is -2.10. The lowest BCUT2D eigenvalue weighted by molar-refractivity contribution is 0.0699. The summed E-state index contributed by atoms with van der Waals surface area (Å²) in [6, 6.07) is 10.1. The Labute approximate surface area is 122 Å². The van der Waals surface area contributed by atoms with Crippen molar-refractivity contribution < 1.29 is 19.8 Å². The van der Waals surface area contributed by atoms with E-state index in [-0.39, 0.29) is 18.1 Å². The number of nitrogens with one attached hydrogen (secondary N) is 1. The molecular weight excluding hydrogens is 270 g/mol. The molecule has 1 amide bonds. The summed E-state index contributed by atoms with van der Waals surface area (Å²) in [5.74, 6) is -1.35. The standard InChI is InChI=1S/C16H17NO4/c18-10-2-1-9-17-15(19)12-7-3-5-11-6-4-8-13(14(11)12)16(20)21/h3-8,18H,1-2,9-10H2,(H,17,19)(H,20,21). The molecule has 0 unspecified atom stereocenters. The van der Waals surface area contributed by atoms with E-state index in [1.54, 1.807) is 30.3 Å². The van der Waals surface area contributed by atoms with Crippen LogP contribution in [0, 0.1) is 0 Å². The first-order valence-corrected chi connectivity index (χ1v) is 6.79. The number of hydrogen-bond acceptors (Lipinski definition) is 3. The normalized spacial score (nSPS) is 10.5. The van der Waals surface area contributed by atoms with Crippen LogP contribution in [-0.4, -0.2) is 35.2 Å². The zero-order valence-corrected chi connectivity index (χ0v) is 11.5. The Morgan fingerprint density at radius 1 is 1.00 bits per heavy atom. The molecule has 2 rings (SSSR count). The number of aromatic carboxylic acids is 1. The molecule has 0 spiro atoms. The molecule has 0 radical (unpaired) electrons. The molecule has 0 saturated carbocycles. The Kier molecular flexibility index (Phi) is 4.90. The molecule has 0 bridgehead atoms. The number of carboxylic acids is 1. The number of unbranched alkanes of at least 4 members (excludes halogenated alkanes) is 1. The monoisotopic (exact) mass is 287 g/mol. The smallest absolute Gasteiger partial charge is 0.336 e. The first-order chi connectivity index (χ1) is 10.1. The number of carbonyl (C=O) groups excluding carboxylic acids is 1. The maximum Gasteiger partial charge on any atom is 0.336 e. The van der Waals surface area contributed by atoms with E-state index in [2.05, 4.69) is 5.32 Å². The number of aliphatic hydroxyl groups is 1. The first kappa shape index (κ1) is 15.0. The van der Waals surface area contributed by atoms with Crippen LogP contribution in [0.4, 0.5) is 0 Å². The molecular formula is C16H17NO4. The lowest BCUT2D eigenvalue weighted by Crippen LogP contribution is -2.25. The van der Waals surface area contributed by atoms with Crippen LogP contribution < -0.4 is 5.32 Å². The van der Waals surface area contributed by atoms with Crippen LogP contribution in [0.15, 0.2) is 36.4 Å². The van der Waals surface area contributed by atoms with Crippen molar-refractivity contribution in [2.24, 2.45) is 0 Å². The molecule has 0 aliphatic rings. The highest BCUT2D eigenvalue weighted by molar-refractivity contribution is 6.14. The predicted octanol–water partition coefficient (Wildman–Crippen LogP) is 2.04. The fourth-order valence-electron chi connectivity index (χ4n) is 2.24. The van der Waals surface area contributed by atoms with E-state index < -0.39 is 5.97 Å². The average molecular weight is 287 g/mol. The van der Waals surface area contributed by atoms with Gasteiger partial charge in [0, 0.05) is 24.1 Å². The van der Waals surface area contributed by atoms with Gasteiger partial charge >= 0.3 is 5.97 Å². The number of fused-ring (bicyclic) bond motifs is 1. The van der Waals surface area contributed by atoms with E-state index in [1.165, 1.54) is 6.07 Å². The molecule has 0 aromatic heterocycles. The second-order valence-electron chi connectivity index (χ2n) is 4.70. The lowest BCUT2D eigenvalue weighted by atomic mass is 9.98. The first-order valence-electron chi connectivity index (χ1n) is 6.79. The topological polar surface area (TPSA) is 86.6 Å². The molecule has 0 aliphatic heterocycles. The fourth-order valence-corrected chi connectivity index (χ4v) is 2.24. The van der Waals surface area contributed by atoms with Crippen LogP contribution in [-0.2, 0) is 0 Å². The minimum absolute atomic E-state index is 0.0906. The molecule has 0 fully saturated rings. The molecule has 3 N–H and O–H groups in total. The maximum absolute atomic E-state index is 12.2. The van der Waals surface area contributed by atoms with E-state index in [0.29, 0.717) is 30.3 Å². The molecule has 0 heterocycles. The molecule has 21 heavy (non-hydrogen) atoms. The Bertz CT molecular complexity index is 661. The van der Waals surface area contributed by atoms with E-state index in [9.17, 15) is 14.7 Å². The molecule has 2 aromatic rings. The van der Waals surface area contributed by atoms with Gasteiger partial charge in [-0.1, -0.05) is 24.3 Å². The number of carboxylic acid groups (broad SMARTS) is 1. The van der Waals surface area contributed by atoms with Crippen molar-refractivity contribution in [1.82, 2.24) is 5.32 Å². The van der Waals surface area contributed by atoms with Gasteiger partial charge < -0.3 is 15.5 Å². The van der Waals surface area contributed by atoms with Crippen LogP contribution in [0.25, 0.3) is 10.8 Å². The highest BCUT2D eigenvalue weighted by atomic mass is 16.4. The van der Waals surface area contributed by atoms with Crippen molar-refractivity contribution in [2.45, 2.75) is 12.8 Å². The van der Waals surface area contributed by atoms with Crippen LogP contribution in [0.2, 0.25) is 0 Å². The highest BCUT2D eigenvalue weighted by Gasteiger charge is 2.15. The number of benzene rings is 2. The Morgan fingerprint density at radius 3 is 2.29 bits per heavy atom. The summed E-state index contributed by atoms with van der Waals surface area (Å²) in [6.45, 7) is 0.540. The minimum atomic E-state index is -1.05. The summed E-state index contributed by atoms with van der Waals surface area (Å²) >= 11 is 0. The third-order valence-corrected chi connectivity index (χ3v) is 3.25. The summed E-state index contributed by atoms with van der Waals surface area (Å²) in [6.07, 6.45) is 1.30. The molecule has 2 aromatic carbocycles. The van der Waals surface area contributed by atoms with Crippen LogP contribution in [0.3, 0.4) is 0 Å². The maximum atomic E-state index is 12.2. The van der Waals surface area contributed by atoms with Crippen molar-refractivity contribution in [1.29, 1.82) is 0 Å². The summed E-state index contributed by atoms with van der Waals surface area (Å²) in [7, 11) is 0. The van der Waals surface area contributed by atoms with E-state index >= 15 is 0 Å². The van der Waals surface area contributed by atoms with Gasteiger partial charge in [-0.2, -0.15) is 0 Å². The summed E-state index contributed by atoms with van der Waals surface area (Å²) in [5.41, 5.74) is 0.475. The Morgan fingerprint density at radius 2 is 1.67 bits per heavy atom. The van der Waals surface area contributed by atoms with Crippen molar-refractivity contribution in [3.05, 3.63) is 47.5 Å². The Hall–Kier alpha value is -2.40. The van der Waals surface area contributed by atoms with Gasteiger partial charge in [0.2, 0.25) is 0 Å². The second kappa shape index (κ2) is 6.85. The molecule has 0 aliphatic carbocycles. The SMILES string of the molecule is O=C(O)c1cccc2cccc(C(=O)NCCCCO)c12. The minimum Gasteiger partial charge on any atom is -0.478 e. The van der Waals surface area contributed by atoms with Gasteiger partial charge in [-0.15, -0.1) is 0 Å². The van der Waals surface area contributed by atoms with E-state index in [0.717, 1.165) is 5.39 Å². The molecule has 5 heteroatoms. The zero-order valence-electron chi connectivity index (χ0n) is 11.5. The molecule has 0 atom stereocenters. The van der Waals surface area contributed by atoms with Gasteiger partial charge in [0.15, 0.2) is 0 Å². The molecule has 110 valence electrons. The fraction of sp³-hybridized carbons (Fsp3) is 0.250. The van der Waals surface area contributed by atoms with Crippen molar-refractivity contribution in [3.8, 4) is 0 Å². The molecule has 5 nitrogen and oxygen atoms in total. The van der Waals surface area contributed by atoms with Crippen molar-refractivity contribution in [3.63, 3.8) is 0 Å². The van der Waals surface area contributed by atoms with Crippen molar-refractivity contribution >= 4 is 22.6 Å². The number of aliphatic hydroxyl groups excluding tert-OH is 1. The summed E-state index contributed by atoms with van der Waals surface area (Å²) < 4.78 is 0. The van der Waals surface area contributed by atoms with E-state index in [4.69, 9.17) is 5.11 Å². The van der Waals surface area contributed by atoms with Gasteiger partial charge in [0.25, 0.3) is 5.91 Å². The largest absolute Gasteiger partial charge is 0.478 e. The second-order valence-corrected chi connectivity index (χ2v) is 4.70. The van der Waals surface area contributed by atoms with Crippen LogP contribution >= 0.6 is 0 Å². The van der Waals surface area contributed by atoms with E-state index in [1.807, 2.05) is 0 Å². The highest BCUT2D eigenvalue weighted by Crippen LogP contribution is 2.23. The van der Waals surface area contributed by atoms with Gasteiger partial charge in [0.1, 0.15) is 0 Å². The number of amides is 1. The predicted molar refractivity (Wildman–Crippen MR) is 79.6 cm³/mol. The summed E-state index contributed by atoms with van der Waals surface area (Å²) in [5, 5.41) is 21.9. The van der Waals surface area contributed by atoms with Gasteiger partial charge in [-0.05, 0) is 30.4 Å². The third kappa shape index (κ3) is 3.38. The van der Waals surface area contributed by atoms with Crippen molar-refractivity contribution in [2.75, 3.05) is 13.2 Å². The quantitative estimate of drug-likeness (QED) is 0.710. The average Bonchev–Trinajstić information content (AvgIpc) is 2.50. The number of hydrogen-bond donors (Lipinski definition) is 3. The van der Waals surface area contributed by atoms with Gasteiger partial charge in [-0.3, -0.25) is 4.79 Å². The van der Waals surface area contributed by atoms with Crippen LogP contribution in [0.1, 0.15) is 33.6 Å². The molecule has 0 saturated heterocycles.